The summed E-state index contributed by atoms with van der Waals surface area (Å²) in [6.07, 6.45) is -4.65. The van der Waals surface area contributed by atoms with Gasteiger partial charge in [-0.05, 0) is 43.7 Å². The lowest BCUT2D eigenvalue weighted by Crippen LogP contribution is -2.25. The molecule has 0 fully saturated rings. The van der Waals surface area contributed by atoms with Gasteiger partial charge in [-0.3, -0.25) is 4.79 Å². The molecule has 1 atom stereocenters. The number of amides is 1. The van der Waals surface area contributed by atoms with Gasteiger partial charge in [0, 0.05) is 0 Å². The molecule has 1 unspecified atom stereocenters. The molecular formula is C26H24F3N3O6. The summed E-state index contributed by atoms with van der Waals surface area (Å²) in [4.78, 5) is 25.0. The van der Waals surface area contributed by atoms with Crippen molar-refractivity contribution < 1.29 is 41.7 Å². The van der Waals surface area contributed by atoms with Gasteiger partial charge in [0.15, 0.2) is 18.1 Å². The highest BCUT2D eigenvalue weighted by molar-refractivity contribution is 5.93. The van der Waals surface area contributed by atoms with Crippen LogP contribution in [0.3, 0.4) is 0 Å². The average molecular weight is 531 g/mol. The molecule has 2 aromatic rings. The van der Waals surface area contributed by atoms with Crippen LogP contribution in [0.5, 0.6) is 11.5 Å². The monoisotopic (exact) mass is 531 g/mol. The molecule has 3 N–H and O–H groups in total. The molecule has 2 aromatic carbocycles. The smallest absolute Gasteiger partial charge is 0.418 e. The molecule has 1 aliphatic heterocycles. The number of carbonyl (C=O) groups excluding carboxylic acids is 2. The zero-order chi connectivity index (χ0) is 28.0. The zero-order valence-electron chi connectivity index (χ0n) is 20.6. The van der Waals surface area contributed by atoms with Crippen LogP contribution in [0.15, 0.2) is 65.3 Å². The number of nitrogens with one attached hydrogen (secondary N) is 1. The van der Waals surface area contributed by atoms with E-state index in [0.29, 0.717) is 5.56 Å². The second-order valence-corrected chi connectivity index (χ2v) is 7.91. The summed E-state index contributed by atoms with van der Waals surface area (Å²) in [5, 5.41) is 11.9. The minimum absolute atomic E-state index is 0.0166. The molecule has 0 aliphatic carbocycles. The van der Waals surface area contributed by atoms with Gasteiger partial charge < -0.3 is 30.0 Å². The summed E-state index contributed by atoms with van der Waals surface area (Å²) >= 11 is 0. The first-order valence-electron chi connectivity index (χ1n) is 11.2. The van der Waals surface area contributed by atoms with E-state index in [1.807, 2.05) is 6.07 Å². The molecule has 1 heterocycles. The van der Waals surface area contributed by atoms with Crippen LogP contribution in [0.4, 0.5) is 18.9 Å². The van der Waals surface area contributed by atoms with E-state index < -0.39 is 41.8 Å². The van der Waals surface area contributed by atoms with Crippen molar-refractivity contribution in [1.29, 1.82) is 5.26 Å². The maximum Gasteiger partial charge on any atom is 0.418 e. The highest BCUT2D eigenvalue weighted by Crippen LogP contribution is 2.42. The van der Waals surface area contributed by atoms with Gasteiger partial charge in [-0.2, -0.15) is 18.4 Å². The van der Waals surface area contributed by atoms with Crippen LogP contribution in [-0.2, 0) is 25.2 Å². The lowest BCUT2D eigenvalue weighted by atomic mass is 9.83. The molecule has 0 spiro atoms. The predicted octanol–water partition coefficient (Wildman–Crippen LogP) is 4.38. The molecule has 9 nitrogen and oxygen atoms in total. The number of hydrogen-bond acceptors (Lipinski definition) is 8. The number of nitrogens with two attached hydrogens (primary N) is 1. The van der Waals surface area contributed by atoms with Crippen LogP contribution in [0.1, 0.15) is 30.9 Å². The summed E-state index contributed by atoms with van der Waals surface area (Å²) in [5.74, 6) is -2.23. The summed E-state index contributed by atoms with van der Waals surface area (Å²) in [6, 6.07) is 11.0. The number of ether oxygens (including phenoxy) is 4. The van der Waals surface area contributed by atoms with Crippen molar-refractivity contribution in [2.45, 2.75) is 25.9 Å². The summed E-state index contributed by atoms with van der Waals surface area (Å²) < 4.78 is 60.9. The van der Waals surface area contributed by atoms with Gasteiger partial charge in [0.05, 0.1) is 36.5 Å². The first kappa shape index (κ1) is 27.9. The van der Waals surface area contributed by atoms with Gasteiger partial charge in [0.1, 0.15) is 17.4 Å². The molecular weight excluding hydrogens is 507 g/mol. The Hall–Kier alpha value is -4.66. The van der Waals surface area contributed by atoms with Crippen LogP contribution in [0, 0.1) is 11.3 Å². The zero-order valence-corrected chi connectivity index (χ0v) is 20.6. The first-order chi connectivity index (χ1) is 18.0. The molecule has 3 rings (SSSR count). The van der Waals surface area contributed by atoms with E-state index in [2.05, 4.69) is 5.32 Å². The van der Waals surface area contributed by atoms with Crippen LogP contribution >= 0.6 is 0 Å². The van der Waals surface area contributed by atoms with E-state index >= 15 is 0 Å². The highest BCUT2D eigenvalue weighted by atomic mass is 19.4. The van der Waals surface area contributed by atoms with Crippen molar-refractivity contribution in [2.75, 3.05) is 25.6 Å². The standard InChI is InChI=1S/C26H24F3N3O6/c1-4-36-25(34)22-14(2)38-24(31)16(12-30)23(22)15-9-10-19(20(11-15)35-3)37-13-21(33)32-18-8-6-5-7-17(18)26(27,28)29/h5-11,23H,4,13,31H2,1-3H3,(H,32,33). The molecule has 1 aliphatic rings. The van der Waals surface area contributed by atoms with Crippen LogP contribution in [0.2, 0.25) is 0 Å². The molecule has 200 valence electrons. The van der Waals surface area contributed by atoms with Crippen LogP contribution in [-0.4, -0.2) is 32.2 Å². The second-order valence-electron chi connectivity index (χ2n) is 7.91. The van der Waals surface area contributed by atoms with E-state index in [9.17, 15) is 28.0 Å². The highest BCUT2D eigenvalue weighted by Gasteiger charge is 2.37. The molecule has 38 heavy (non-hydrogen) atoms. The third-order valence-electron chi connectivity index (χ3n) is 5.49. The van der Waals surface area contributed by atoms with E-state index in [4.69, 9.17) is 24.7 Å². The van der Waals surface area contributed by atoms with Crippen molar-refractivity contribution in [3.05, 3.63) is 76.4 Å². The number of allylic oxidation sites excluding steroid dienone is 2. The van der Waals surface area contributed by atoms with E-state index in [-0.39, 0.29) is 40.9 Å². The number of esters is 1. The third-order valence-corrected chi connectivity index (χ3v) is 5.49. The van der Waals surface area contributed by atoms with Crippen molar-refractivity contribution in [3.8, 4) is 17.6 Å². The summed E-state index contributed by atoms with van der Waals surface area (Å²) in [6.45, 7) is 2.62. The Morgan fingerprint density at radius 1 is 1.18 bits per heavy atom. The maximum atomic E-state index is 13.2. The molecule has 0 radical (unpaired) electrons. The largest absolute Gasteiger partial charge is 0.493 e. The molecule has 12 heteroatoms. The Balaban J connectivity index is 1.86. The Kier molecular flexibility index (Phi) is 8.52. The number of carbonyl (C=O) groups is 2. The van der Waals surface area contributed by atoms with Crippen molar-refractivity contribution in [2.24, 2.45) is 5.73 Å². The second kappa shape index (κ2) is 11.6. The van der Waals surface area contributed by atoms with Gasteiger partial charge >= 0.3 is 12.1 Å². The van der Waals surface area contributed by atoms with Gasteiger partial charge in [-0.25, -0.2) is 4.79 Å². The van der Waals surface area contributed by atoms with Crippen molar-refractivity contribution in [1.82, 2.24) is 0 Å². The predicted molar refractivity (Wildman–Crippen MR) is 129 cm³/mol. The Labute approximate surface area is 216 Å². The number of benzene rings is 2. The fourth-order valence-electron chi connectivity index (χ4n) is 3.84. The Bertz CT molecular complexity index is 1340. The fourth-order valence-corrected chi connectivity index (χ4v) is 3.84. The molecule has 0 aromatic heterocycles. The summed E-state index contributed by atoms with van der Waals surface area (Å²) in [7, 11) is 1.33. The Morgan fingerprint density at radius 2 is 1.89 bits per heavy atom. The van der Waals surface area contributed by atoms with Gasteiger partial charge in [0.2, 0.25) is 5.88 Å². The van der Waals surface area contributed by atoms with Crippen LogP contribution < -0.4 is 20.5 Å². The van der Waals surface area contributed by atoms with Crippen molar-refractivity contribution >= 4 is 17.6 Å². The number of halogens is 3. The normalized spacial score (nSPS) is 15.3. The maximum absolute atomic E-state index is 13.2. The number of para-hydroxylation sites is 1. The molecule has 1 amide bonds. The third kappa shape index (κ3) is 6.00. The van der Waals surface area contributed by atoms with Crippen LogP contribution in [0.25, 0.3) is 0 Å². The van der Waals surface area contributed by atoms with Crippen molar-refractivity contribution in [3.63, 3.8) is 0 Å². The summed E-state index contributed by atoms with van der Waals surface area (Å²) in [5.41, 5.74) is 4.99. The Morgan fingerprint density at radius 3 is 2.53 bits per heavy atom. The minimum Gasteiger partial charge on any atom is -0.493 e. The van der Waals surface area contributed by atoms with Gasteiger partial charge in [-0.15, -0.1) is 0 Å². The first-order valence-corrected chi connectivity index (χ1v) is 11.2. The quantitative estimate of drug-likeness (QED) is 0.480. The lowest BCUT2D eigenvalue weighted by molar-refractivity contribution is -0.139. The van der Waals surface area contributed by atoms with E-state index in [1.54, 1.807) is 6.92 Å². The number of nitriles is 1. The van der Waals surface area contributed by atoms with E-state index in [1.165, 1.54) is 44.4 Å². The van der Waals surface area contributed by atoms with Gasteiger partial charge in [-0.1, -0.05) is 18.2 Å². The number of rotatable bonds is 8. The average Bonchev–Trinajstić information content (AvgIpc) is 2.86. The number of alkyl halides is 3. The number of nitrogens with zero attached hydrogens (tertiary/aromatic N) is 1. The van der Waals surface area contributed by atoms with Gasteiger partial charge in [0.25, 0.3) is 5.91 Å². The minimum atomic E-state index is -4.65. The fraction of sp³-hybridized carbons (Fsp3) is 0.269. The molecule has 0 saturated heterocycles. The van der Waals surface area contributed by atoms with E-state index in [0.717, 1.165) is 12.1 Å². The number of hydrogen-bond donors (Lipinski definition) is 2. The number of anilines is 1. The lowest BCUT2D eigenvalue weighted by Gasteiger charge is -2.27. The molecule has 0 saturated carbocycles. The SMILES string of the molecule is CCOC(=O)C1=C(C)OC(N)=C(C#N)C1c1ccc(OCC(=O)Nc2ccccc2C(F)(F)F)c(OC)c1. The number of methoxy groups -OCH3 is 1. The topological polar surface area (TPSA) is 133 Å². The molecule has 0 bridgehead atoms.